The molecule has 7 aromatic carbocycles. The van der Waals surface area contributed by atoms with Crippen LogP contribution >= 0.6 is 0 Å². The van der Waals surface area contributed by atoms with Gasteiger partial charge in [0.2, 0.25) is 0 Å². The second-order valence-electron chi connectivity index (χ2n) is 14.4. The van der Waals surface area contributed by atoms with Gasteiger partial charge in [0.15, 0.2) is 0 Å². The van der Waals surface area contributed by atoms with Gasteiger partial charge in [-0.1, -0.05) is 89.9 Å². The van der Waals surface area contributed by atoms with E-state index >= 15 is 0 Å². The summed E-state index contributed by atoms with van der Waals surface area (Å²) in [5, 5.41) is 4.50. The summed E-state index contributed by atoms with van der Waals surface area (Å²) in [5.74, 6) is 2.01. The Kier molecular flexibility index (Phi) is 8.46. The number of aromatic nitrogens is 3. The summed E-state index contributed by atoms with van der Waals surface area (Å²) in [7, 11) is 2.07. The SMILES string of the molecule is Cc1ccc2c(c1)c1cnc(-n3c4[c-]c(Oc5[c-]c(N6[CH-]N(C)c7ccc(-c8ccccc8)cc76)ccc5)ccc4c4ccccc43)cc1n2-c1ccccc1.[Pt]. The molecule has 1 aliphatic heterocycles. The predicted molar refractivity (Wildman–Crippen MR) is 229 cm³/mol. The summed E-state index contributed by atoms with van der Waals surface area (Å²) < 4.78 is 11.1. The molecular formula is C50H34N5OPt-3. The number of para-hydroxylation sites is 2. The van der Waals surface area contributed by atoms with E-state index in [-0.39, 0.29) is 21.1 Å². The molecular weight excluding hydrogens is 882 g/mol. The first kappa shape index (κ1) is 34.8. The monoisotopic (exact) mass is 915 g/mol. The smallest absolute Gasteiger partial charge is 0.137 e. The van der Waals surface area contributed by atoms with Crippen LogP contribution in [0.2, 0.25) is 0 Å². The van der Waals surface area contributed by atoms with E-state index in [2.05, 4.69) is 185 Å². The van der Waals surface area contributed by atoms with Crippen molar-refractivity contribution in [3.8, 4) is 34.1 Å². The van der Waals surface area contributed by atoms with E-state index < -0.39 is 0 Å². The number of hydrogen-bond acceptors (Lipinski definition) is 4. The van der Waals surface area contributed by atoms with Gasteiger partial charge in [0.1, 0.15) is 5.82 Å². The van der Waals surface area contributed by atoms with E-state index in [4.69, 9.17) is 9.72 Å². The Morgan fingerprint density at radius 2 is 1.33 bits per heavy atom. The number of fused-ring (bicyclic) bond motifs is 7. The van der Waals surface area contributed by atoms with Crippen LogP contribution in [0.15, 0.2) is 164 Å². The molecule has 0 N–H and O–H groups in total. The average Bonchev–Trinajstić information content (AvgIpc) is 3.87. The van der Waals surface area contributed by atoms with Crippen LogP contribution in [0.4, 0.5) is 17.1 Å². The topological polar surface area (TPSA) is 38.5 Å². The number of anilines is 3. The molecule has 10 aromatic rings. The number of ether oxygens (including phenoxy) is 1. The average molecular weight is 916 g/mol. The van der Waals surface area contributed by atoms with Gasteiger partial charge in [-0.3, -0.25) is 0 Å². The van der Waals surface area contributed by atoms with Crippen LogP contribution in [0.25, 0.3) is 66.2 Å². The number of pyridine rings is 1. The molecule has 11 rings (SSSR count). The van der Waals surface area contributed by atoms with Crippen molar-refractivity contribution in [3.05, 3.63) is 188 Å². The summed E-state index contributed by atoms with van der Waals surface area (Å²) in [6, 6.07) is 62.2. The standard InChI is InChI=1S/C50H34N5O.Pt/c1-33-20-24-45-42(26-33)43-31-51-50(30-48(43)54(45)36-14-7-4-8-15-36)55-44-19-10-9-18-40(44)41-23-22-39(29-47(41)55)56-38-17-11-16-37(28-38)53-32-52(2)46-25-21-35(27-49(46)53)34-12-5-3-6-13-34;/h3-27,30-32H,1-2H3;/q-3;. The van der Waals surface area contributed by atoms with Crippen LogP contribution in [0.1, 0.15) is 5.56 Å². The van der Waals surface area contributed by atoms with Crippen molar-refractivity contribution in [1.82, 2.24) is 14.1 Å². The van der Waals surface area contributed by atoms with Gasteiger partial charge in [-0.05, 0) is 72.9 Å². The fraction of sp³-hybridized carbons (Fsp3) is 0.0400. The summed E-state index contributed by atoms with van der Waals surface area (Å²) in [5.41, 5.74) is 11.9. The molecule has 0 aliphatic carbocycles. The number of nitrogens with zero attached hydrogens (tertiary/aromatic N) is 5. The van der Waals surface area contributed by atoms with Gasteiger partial charge in [-0.15, -0.1) is 41.4 Å². The molecule has 0 saturated carbocycles. The van der Waals surface area contributed by atoms with E-state index in [1.54, 1.807) is 0 Å². The molecule has 6 nitrogen and oxygen atoms in total. The minimum absolute atomic E-state index is 0. The van der Waals surface area contributed by atoms with Crippen molar-refractivity contribution in [3.63, 3.8) is 0 Å². The van der Waals surface area contributed by atoms with Crippen LogP contribution < -0.4 is 14.5 Å². The van der Waals surface area contributed by atoms with Crippen molar-refractivity contribution in [2.45, 2.75) is 6.92 Å². The first-order valence-corrected chi connectivity index (χ1v) is 18.8. The Morgan fingerprint density at radius 3 is 2.19 bits per heavy atom. The molecule has 0 fully saturated rings. The number of benzene rings is 7. The Balaban J connectivity index is 0.00000396. The molecule has 57 heavy (non-hydrogen) atoms. The van der Waals surface area contributed by atoms with E-state index in [0.29, 0.717) is 11.5 Å². The zero-order valence-electron chi connectivity index (χ0n) is 31.1. The zero-order valence-corrected chi connectivity index (χ0v) is 33.4. The fourth-order valence-electron chi connectivity index (χ4n) is 8.24. The van der Waals surface area contributed by atoms with Gasteiger partial charge in [0.05, 0.1) is 11.0 Å². The van der Waals surface area contributed by atoms with Gasteiger partial charge in [-0.25, -0.2) is 4.98 Å². The van der Waals surface area contributed by atoms with Crippen molar-refractivity contribution in [2.24, 2.45) is 0 Å². The van der Waals surface area contributed by atoms with Crippen LogP contribution in [-0.2, 0) is 21.1 Å². The summed E-state index contributed by atoms with van der Waals surface area (Å²) in [6.07, 6.45) is 2.01. The number of rotatable bonds is 6. The number of hydrogen-bond donors (Lipinski definition) is 0. The molecule has 0 unspecified atom stereocenters. The van der Waals surface area contributed by atoms with Crippen molar-refractivity contribution >= 4 is 60.7 Å². The van der Waals surface area contributed by atoms with Crippen molar-refractivity contribution in [2.75, 3.05) is 16.8 Å². The maximum Gasteiger partial charge on any atom is 0.137 e. The molecule has 0 spiro atoms. The Labute approximate surface area is 345 Å². The minimum atomic E-state index is 0. The Bertz CT molecular complexity index is 3130. The molecule has 0 saturated heterocycles. The van der Waals surface area contributed by atoms with Crippen LogP contribution in [0, 0.1) is 25.7 Å². The summed E-state index contributed by atoms with van der Waals surface area (Å²) in [6.45, 7) is 4.23. The largest absolute Gasteiger partial charge is 0.509 e. The van der Waals surface area contributed by atoms with Crippen LogP contribution in [0.3, 0.4) is 0 Å². The molecule has 0 bridgehead atoms. The fourth-order valence-corrected chi connectivity index (χ4v) is 8.24. The third-order valence-electron chi connectivity index (χ3n) is 10.8. The summed E-state index contributed by atoms with van der Waals surface area (Å²) >= 11 is 0. The Morgan fingerprint density at radius 1 is 0.561 bits per heavy atom. The molecule has 278 valence electrons. The van der Waals surface area contributed by atoms with E-state index in [1.807, 2.05) is 30.5 Å². The molecule has 0 amide bonds. The third kappa shape index (κ3) is 5.79. The van der Waals surface area contributed by atoms with Crippen molar-refractivity contribution in [1.29, 1.82) is 0 Å². The van der Waals surface area contributed by atoms with Gasteiger partial charge in [0.25, 0.3) is 0 Å². The minimum Gasteiger partial charge on any atom is -0.509 e. The molecule has 7 heteroatoms. The third-order valence-corrected chi connectivity index (χ3v) is 10.8. The van der Waals surface area contributed by atoms with Crippen LogP contribution in [-0.4, -0.2) is 21.2 Å². The Hall–Kier alpha value is -6.62. The first-order chi connectivity index (χ1) is 27.6. The molecule has 0 atom stereocenters. The second-order valence-corrected chi connectivity index (χ2v) is 14.4. The van der Waals surface area contributed by atoms with Gasteiger partial charge in [-0.2, -0.15) is 18.8 Å². The molecule has 3 aromatic heterocycles. The molecule has 0 radical (unpaired) electrons. The first-order valence-electron chi connectivity index (χ1n) is 18.8. The van der Waals surface area contributed by atoms with Gasteiger partial charge in [0, 0.05) is 78.2 Å². The quantitative estimate of drug-likeness (QED) is 0.156. The van der Waals surface area contributed by atoms with Gasteiger partial charge >= 0.3 is 0 Å². The number of aryl methyl sites for hydroxylation is 1. The van der Waals surface area contributed by atoms with E-state index in [9.17, 15) is 0 Å². The molecule has 1 aliphatic rings. The maximum absolute atomic E-state index is 6.58. The zero-order chi connectivity index (χ0) is 37.3. The maximum atomic E-state index is 6.58. The normalized spacial score (nSPS) is 12.5. The summed E-state index contributed by atoms with van der Waals surface area (Å²) in [4.78, 5) is 9.43. The molecule has 4 heterocycles. The predicted octanol–water partition coefficient (Wildman–Crippen LogP) is 12.3. The van der Waals surface area contributed by atoms with E-state index in [1.165, 1.54) is 16.5 Å². The van der Waals surface area contributed by atoms with Gasteiger partial charge < -0.3 is 23.7 Å². The van der Waals surface area contributed by atoms with E-state index in [0.717, 1.165) is 72.4 Å². The van der Waals surface area contributed by atoms with Crippen LogP contribution in [0.5, 0.6) is 11.5 Å². The van der Waals surface area contributed by atoms with Crippen molar-refractivity contribution < 1.29 is 25.8 Å². The second kappa shape index (κ2) is 13.8.